The van der Waals surface area contributed by atoms with E-state index < -0.39 is 6.04 Å². The SMILES string of the molecule is COc1ccc(OC)c(NC(=O)C2=C(C)Nc3ncnn3[C@@H]2c2ccccn2)c1. The number of pyridine rings is 1. The zero-order valence-electron chi connectivity index (χ0n) is 16.2. The number of nitrogens with zero attached hydrogens (tertiary/aromatic N) is 4. The molecular weight excluding hydrogens is 372 g/mol. The summed E-state index contributed by atoms with van der Waals surface area (Å²) in [5.74, 6) is 1.37. The number of ether oxygens (including phenoxy) is 2. The highest BCUT2D eigenvalue weighted by Crippen LogP contribution is 2.35. The normalized spacial score (nSPS) is 15.3. The number of anilines is 2. The number of allylic oxidation sites excluding steroid dienone is 1. The van der Waals surface area contributed by atoms with Crippen LogP contribution in [-0.2, 0) is 4.79 Å². The van der Waals surface area contributed by atoms with E-state index in [9.17, 15) is 4.79 Å². The van der Waals surface area contributed by atoms with Crippen LogP contribution in [0.15, 0.2) is 60.2 Å². The maximum absolute atomic E-state index is 13.4. The molecule has 1 amide bonds. The van der Waals surface area contributed by atoms with Gasteiger partial charge in [0.25, 0.3) is 5.91 Å². The predicted molar refractivity (Wildman–Crippen MR) is 107 cm³/mol. The molecule has 0 spiro atoms. The van der Waals surface area contributed by atoms with Crippen LogP contribution in [0.2, 0.25) is 0 Å². The Balaban J connectivity index is 1.75. The molecule has 9 nitrogen and oxygen atoms in total. The summed E-state index contributed by atoms with van der Waals surface area (Å²) in [5, 5.41) is 10.4. The van der Waals surface area contributed by atoms with E-state index in [1.54, 1.807) is 43.3 Å². The third kappa shape index (κ3) is 3.38. The quantitative estimate of drug-likeness (QED) is 0.688. The summed E-state index contributed by atoms with van der Waals surface area (Å²) in [6.07, 6.45) is 3.13. The van der Waals surface area contributed by atoms with Crippen LogP contribution in [-0.4, -0.2) is 39.9 Å². The molecule has 0 radical (unpaired) electrons. The zero-order chi connectivity index (χ0) is 20.4. The first-order valence-corrected chi connectivity index (χ1v) is 8.94. The van der Waals surface area contributed by atoms with Gasteiger partial charge in [-0.15, -0.1) is 0 Å². The van der Waals surface area contributed by atoms with Crippen molar-refractivity contribution in [1.29, 1.82) is 0 Å². The lowest BCUT2D eigenvalue weighted by Gasteiger charge is -2.28. The Morgan fingerprint density at radius 2 is 2.03 bits per heavy atom. The number of rotatable bonds is 5. The van der Waals surface area contributed by atoms with Gasteiger partial charge in [-0.1, -0.05) is 6.07 Å². The number of carbonyl (C=O) groups excluding carboxylic acids is 1. The van der Waals surface area contributed by atoms with Crippen LogP contribution >= 0.6 is 0 Å². The second-order valence-electron chi connectivity index (χ2n) is 6.37. The Bertz CT molecular complexity index is 1080. The van der Waals surface area contributed by atoms with E-state index >= 15 is 0 Å². The van der Waals surface area contributed by atoms with Crippen LogP contribution in [0.3, 0.4) is 0 Å². The Morgan fingerprint density at radius 1 is 1.17 bits per heavy atom. The van der Waals surface area contributed by atoms with Gasteiger partial charge in [0.2, 0.25) is 5.95 Å². The molecule has 29 heavy (non-hydrogen) atoms. The topological polar surface area (TPSA) is 103 Å². The van der Waals surface area contributed by atoms with Crippen molar-refractivity contribution in [2.45, 2.75) is 13.0 Å². The number of hydrogen-bond donors (Lipinski definition) is 2. The first kappa shape index (κ1) is 18.5. The Hall–Kier alpha value is -3.88. The molecule has 0 bridgehead atoms. The van der Waals surface area contributed by atoms with Crippen LogP contribution in [0.4, 0.5) is 11.6 Å². The minimum Gasteiger partial charge on any atom is -0.497 e. The molecule has 3 aromatic rings. The van der Waals surface area contributed by atoms with Crippen molar-refractivity contribution in [3.8, 4) is 11.5 Å². The van der Waals surface area contributed by atoms with Crippen molar-refractivity contribution >= 4 is 17.5 Å². The molecule has 1 atom stereocenters. The molecule has 3 heterocycles. The number of fused-ring (bicyclic) bond motifs is 1. The number of methoxy groups -OCH3 is 2. The fraction of sp³-hybridized carbons (Fsp3) is 0.200. The summed E-state index contributed by atoms with van der Waals surface area (Å²) in [6.45, 7) is 1.83. The smallest absolute Gasteiger partial charge is 0.256 e. The molecule has 0 saturated heterocycles. The average Bonchev–Trinajstić information content (AvgIpc) is 3.21. The van der Waals surface area contributed by atoms with Gasteiger partial charge in [0.1, 0.15) is 23.9 Å². The average molecular weight is 392 g/mol. The summed E-state index contributed by atoms with van der Waals surface area (Å²) < 4.78 is 12.3. The van der Waals surface area contributed by atoms with Gasteiger partial charge in [-0.3, -0.25) is 9.78 Å². The van der Waals surface area contributed by atoms with Gasteiger partial charge in [-0.2, -0.15) is 10.1 Å². The Morgan fingerprint density at radius 3 is 2.76 bits per heavy atom. The predicted octanol–water partition coefficient (Wildman–Crippen LogP) is 2.62. The van der Waals surface area contributed by atoms with Crippen molar-refractivity contribution in [3.05, 3.63) is 65.9 Å². The van der Waals surface area contributed by atoms with Gasteiger partial charge in [-0.25, -0.2) is 4.68 Å². The number of benzene rings is 1. The molecule has 0 fully saturated rings. The molecular formula is C20H20N6O3. The van der Waals surface area contributed by atoms with Crippen LogP contribution in [0.25, 0.3) is 0 Å². The largest absolute Gasteiger partial charge is 0.497 e. The van der Waals surface area contributed by atoms with Gasteiger partial charge >= 0.3 is 0 Å². The minimum atomic E-state index is -0.522. The third-order valence-corrected chi connectivity index (χ3v) is 4.66. The molecule has 1 aliphatic heterocycles. The van der Waals surface area contributed by atoms with Crippen molar-refractivity contribution in [2.24, 2.45) is 0 Å². The van der Waals surface area contributed by atoms with Gasteiger partial charge in [-0.05, 0) is 31.2 Å². The van der Waals surface area contributed by atoms with E-state index in [4.69, 9.17) is 9.47 Å². The van der Waals surface area contributed by atoms with E-state index in [-0.39, 0.29) is 5.91 Å². The second-order valence-corrected chi connectivity index (χ2v) is 6.37. The number of carbonyl (C=O) groups is 1. The molecule has 2 N–H and O–H groups in total. The maximum Gasteiger partial charge on any atom is 0.256 e. The lowest BCUT2D eigenvalue weighted by atomic mass is 9.98. The third-order valence-electron chi connectivity index (χ3n) is 4.66. The van der Waals surface area contributed by atoms with E-state index in [0.29, 0.717) is 40.1 Å². The van der Waals surface area contributed by atoms with Gasteiger partial charge < -0.3 is 20.1 Å². The number of aromatic nitrogens is 4. The summed E-state index contributed by atoms with van der Waals surface area (Å²) >= 11 is 0. The minimum absolute atomic E-state index is 0.307. The van der Waals surface area contributed by atoms with Crippen LogP contribution in [0, 0.1) is 0 Å². The Kier molecular flexibility index (Phi) is 4.86. The lowest BCUT2D eigenvalue weighted by Crippen LogP contribution is -2.32. The molecule has 2 aromatic heterocycles. The fourth-order valence-corrected chi connectivity index (χ4v) is 3.30. The van der Waals surface area contributed by atoms with Crippen molar-refractivity contribution in [1.82, 2.24) is 19.7 Å². The number of nitrogens with one attached hydrogen (secondary N) is 2. The summed E-state index contributed by atoms with van der Waals surface area (Å²) in [4.78, 5) is 22.0. The Labute approximate surface area is 167 Å². The molecule has 148 valence electrons. The van der Waals surface area contributed by atoms with E-state index in [1.807, 2.05) is 25.1 Å². The van der Waals surface area contributed by atoms with E-state index in [1.165, 1.54) is 6.33 Å². The first-order valence-electron chi connectivity index (χ1n) is 8.94. The highest BCUT2D eigenvalue weighted by Gasteiger charge is 2.34. The molecule has 0 unspecified atom stereocenters. The highest BCUT2D eigenvalue weighted by atomic mass is 16.5. The maximum atomic E-state index is 13.4. The number of amides is 1. The van der Waals surface area contributed by atoms with Gasteiger partial charge in [0.05, 0.1) is 31.2 Å². The number of hydrogen-bond acceptors (Lipinski definition) is 7. The second kappa shape index (κ2) is 7.63. The van der Waals surface area contributed by atoms with Gasteiger partial charge in [0, 0.05) is 18.0 Å². The van der Waals surface area contributed by atoms with Crippen LogP contribution < -0.4 is 20.1 Å². The van der Waals surface area contributed by atoms with Crippen molar-refractivity contribution in [3.63, 3.8) is 0 Å². The zero-order valence-corrected chi connectivity index (χ0v) is 16.2. The molecule has 1 aromatic carbocycles. The monoisotopic (exact) mass is 392 g/mol. The van der Waals surface area contributed by atoms with E-state index in [2.05, 4.69) is 25.7 Å². The highest BCUT2D eigenvalue weighted by molar-refractivity contribution is 6.06. The summed E-state index contributed by atoms with van der Waals surface area (Å²) in [5.41, 5.74) is 2.33. The van der Waals surface area contributed by atoms with Crippen LogP contribution in [0.1, 0.15) is 18.7 Å². The molecule has 1 aliphatic rings. The van der Waals surface area contributed by atoms with Crippen LogP contribution in [0.5, 0.6) is 11.5 Å². The standard InChI is InChI=1S/C20H20N6O3/c1-12-17(19(27)25-15-10-13(28-2)7-8-16(15)29-3)18(14-6-4-5-9-21-14)26-20(24-12)22-11-23-26/h4-11,18H,1-3H3,(H,25,27)(H,22,23,24)/t18-/m1/s1. The molecule has 0 saturated carbocycles. The lowest BCUT2D eigenvalue weighted by molar-refractivity contribution is -0.113. The summed E-state index contributed by atoms with van der Waals surface area (Å²) in [7, 11) is 3.11. The fourth-order valence-electron chi connectivity index (χ4n) is 3.30. The molecule has 0 aliphatic carbocycles. The van der Waals surface area contributed by atoms with E-state index in [0.717, 1.165) is 0 Å². The van der Waals surface area contributed by atoms with Crippen molar-refractivity contribution < 1.29 is 14.3 Å². The first-order chi connectivity index (χ1) is 14.1. The van der Waals surface area contributed by atoms with Crippen molar-refractivity contribution in [2.75, 3.05) is 24.9 Å². The van der Waals surface area contributed by atoms with Gasteiger partial charge in [0.15, 0.2) is 0 Å². The molecule has 4 rings (SSSR count). The summed E-state index contributed by atoms with van der Waals surface area (Å²) in [6, 6.07) is 10.2. The molecule has 9 heteroatoms.